The molecule has 3 rings (SSSR count). The van der Waals surface area contributed by atoms with Gasteiger partial charge in [0.05, 0.1) is 14.2 Å². The Morgan fingerprint density at radius 3 is 2.55 bits per heavy atom. The number of hydrogen-bond acceptors (Lipinski definition) is 4. The van der Waals surface area contributed by atoms with Crippen molar-refractivity contribution >= 4 is 5.65 Å². The second-order valence-electron chi connectivity index (χ2n) is 4.51. The van der Waals surface area contributed by atoms with Gasteiger partial charge in [-0.3, -0.25) is 0 Å². The molecule has 3 aromatic rings. The highest BCUT2D eigenvalue weighted by Crippen LogP contribution is 2.31. The minimum Gasteiger partial charge on any atom is -0.493 e. The number of hydrogen-bond donors (Lipinski definition) is 0. The molecule has 20 heavy (non-hydrogen) atoms. The summed E-state index contributed by atoms with van der Waals surface area (Å²) in [4.78, 5) is 4.53. The molecular formula is C15H15N3O2. The molecule has 0 N–H and O–H groups in total. The average Bonchev–Trinajstić information content (AvgIpc) is 2.89. The molecule has 0 atom stereocenters. The highest BCUT2D eigenvalue weighted by atomic mass is 16.5. The van der Waals surface area contributed by atoms with Crippen LogP contribution in [0.1, 0.15) is 5.56 Å². The number of ether oxygens (including phenoxy) is 2. The van der Waals surface area contributed by atoms with Crippen molar-refractivity contribution in [2.45, 2.75) is 6.92 Å². The highest BCUT2D eigenvalue weighted by Gasteiger charge is 2.10. The fourth-order valence-corrected chi connectivity index (χ4v) is 2.08. The molecule has 2 heterocycles. The molecule has 0 aliphatic carbocycles. The molecule has 0 saturated heterocycles. The minimum atomic E-state index is 0.663. The molecule has 5 nitrogen and oxygen atoms in total. The van der Waals surface area contributed by atoms with Crippen LogP contribution in [0.2, 0.25) is 0 Å². The fraction of sp³-hybridized carbons (Fsp3) is 0.200. The van der Waals surface area contributed by atoms with E-state index in [9.17, 15) is 0 Å². The van der Waals surface area contributed by atoms with Gasteiger partial charge in [-0.15, -0.1) is 5.10 Å². The maximum Gasteiger partial charge on any atom is 0.182 e. The number of aryl methyl sites for hydroxylation is 1. The molecule has 0 saturated carbocycles. The fourth-order valence-electron chi connectivity index (χ4n) is 2.08. The largest absolute Gasteiger partial charge is 0.493 e. The van der Waals surface area contributed by atoms with Crippen LogP contribution >= 0.6 is 0 Å². The summed E-state index contributed by atoms with van der Waals surface area (Å²) in [6, 6.07) is 9.64. The van der Waals surface area contributed by atoms with Crippen molar-refractivity contribution in [3.05, 3.63) is 42.1 Å². The van der Waals surface area contributed by atoms with Gasteiger partial charge in [-0.25, -0.2) is 9.50 Å². The van der Waals surface area contributed by atoms with Crippen LogP contribution < -0.4 is 9.47 Å². The normalized spacial score (nSPS) is 10.8. The number of rotatable bonds is 3. The van der Waals surface area contributed by atoms with Gasteiger partial charge in [0.15, 0.2) is 23.0 Å². The van der Waals surface area contributed by atoms with E-state index in [4.69, 9.17) is 9.47 Å². The first-order valence-corrected chi connectivity index (χ1v) is 6.26. The van der Waals surface area contributed by atoms with Gasteiger partial charge < -0.3 is 9.47 Å². The topological polar surface area (TPSA) is 48.7 Å². The zero-order valence-electron chi connectivity index (χ0n) is 11.6. The Morgan fingerprint density at radius 2 is 1.80 bits per heavy atom. The molecule has 0 bridgehead atoms. The van der Waals surface area contributed by atoms with E-state index in [1.807, 2.05) is 43.5 Å². The van der Waals surface area contributed by atoms with Crippen LogP contribution in [0.15, 0.2) is 36.5 Å². The Labute approximate surface area is 116 Å². The van der Waals surface area contributed by atoms with Gasteiger partial charge in [-0.1, -0.05) is 0 Å². The third-order valence-corrected chi connectivity index (χ3v) is 3.13. The van der Waals surface area contributed by atoms with Crippen LogP contribution in [0.5, 0.6) is 11.5 Å². The van der Waals surface area contributed by atoms with Crippen molar-refractivity contribution in [3.63, 3.8) is 0 Å². The van der Waals surface area contributed by atoms with Crippen molar-refractivity contribution in [2.24, 2.45) is 0 Å². The number of benzene rings is 1. The van der Waals surface area contributed by atoms with E-state index in [1.54, 1.807) is 18.7 Å². The molecule has 0 spiro atoms. The number of aromatic nitrogens is 3. The molecule has 0 radical (unpaired) electrons. The molecule has 5 heteroatoms. The summed E-state index contributed by atoms with van der Waals surface area (Å²) in [6.07, 6.45) is 1.90. The Balaban J connectivity index is 2.10. The van der Waals surface area contributed by atoms with Crippen molar-refractivity contribution in [2.75, 3.05) is 14.2 Å². The van der Waals surface area contributed by atoms with E-state index in [2.05, 4.69) is 10.1 Å². The molecule has 1 aromatic carbocycles. The van der Waals surface area contributed by atoms with Gasteiger partial charge in [-0.05, 0) is 42.8 Å². The lowest BCUT2D eigenvalue weighted by molar-refractivity contribution is 0.355. The smallest absolute Gasteiger partial charge is 0.182 e. The summed E-state index contributed by atoms with van der Waals surface area (Å²) >= 11 is 0. The van der Waals surface area contributed by atoms with Gasteiger partial charge in [0.1, 0.15) is 0 Å². The first-order chi connectivity index (χ1) is 9.71. The number of fused-ring (bicyclic) bond motifs is 1. The van der Waals surface area contributed by atoms with Gasteiger partial charge in [-0.2, -0.15) is 0 Å². The second kappa shape index (κ2) is 4.85. The molecule has 0 amide bonds. The molecule has 0 fully saturated rings. The summed E-state index contributed by atoms with van der Waals surface area (Å²) in [5.41, 5.74) is 2.88. The summed E-state index contributed by atoms with van der Waals surface area (Å²) < 4.78 is 12.3. The lowest BCUT2D eigenvalue weighted by atomic mass is 10.2. The lowest BCUT2D eigenvalue weighted by Gasteiger charge is -2.07. The molecule has 2 aromatic heterocycles. The minimum absolute atomic E-state index is 0.663. The van der Waals surface area contributed by atoms with E-state index < -0.39 is 0 Å². The molecule has 0 aliphatic rings. The number of nitrogens with zero attached hydrogens (tertiary/aromatic N) is 3. The lowest BCUT2D eigenvalue weighted by Crippen LogP contribution is -1.91. The first-order valence-electron chi connectivity index (χ1n) is 6.26. The number of pyridine rings is 1. The summed E-state index contributed by atoms with van der Waals surface area (Å²) in [5.74, 6) is 2.02. The maximum atomic E-state index is 5.30. The number of methoxy groups -OCH3 is 2. The van der Waals surface area contributed by atoms with Gasteiger partial charge in [0.25, 0.3) is 0 Å². The first kappa shape index (κ1) is 12.5. The molecule has 0 unspecified atom stereocenters. The highest BCUT2D eigenvalue weighted by molar-refractivity contribution is 5.63. The molecule has 102 valence electrons. The summed E-state index contributed by atoms with van der Waals surface area (Å²) in [5, 5.41) is 4.46. The molecular weight excluding hydrogens is 254 g/mol. The van der Waals surface area contributed by atoms with Gasteiger partial charge in [0, 0.05) is 11.8 Å². The van der Waals surface area contributed by atoms with Crippen LogP contribution in [0, 0.1) is 6.92 Å². The quantitative estimate of drug-likeness (QED) is 0.733. The van der Waals surface area contributed by atoms with Crippen LogP contribution in [-0.4, -0.2) is 28.8 Å². The Bertz CT molecular complexity index is 765. The van der Waals surface area contributed by atoms with E-state index in [0.717, 1.165) is 16.8 Å². The van der Waals surface area contributed by atoms with Crippen molar-refractivity contribution in [1.82, 2.24) is 14.6 Å². The van der Waals surface area contributed by atoms with Crippen LogP contribution in [0.25, 0.3) is 17.0 Å². The zero-order valence-corrected chi connectivity index (χ0v) is 11.6. The van der Waals surface area contributed by atoms with Crippen molar-refractivity contribution in [3.8, 4) is 22.9 Å². The third-order valence-electron chi connectivity index (χ3n) is 3.13. The predicted molar refractivity (Wildman–Crippen MR) is 76.3 cm³/mol. The predicted octanol–water partition coefficient (Wildman–Crippen LogP) is 2.72. The van der Waals surface area contributed by atoms with Gasteiger partial charge in [0.2, 0.25) is 0 Å². The van der Waals surface area contributed by atoms with E-state index in [-0.39, 0.29) is 0 Å². The van der Waals surface area contributed by atoms with E-state index in [1.165, 1.54) is 0 Å². The van der Waals surface area contributed by atoms with Crippen LogP contribution in [-0.2, 0) is 0 Å². The SMILES string of the molecule is COc1ccc(-c2nc3cc(C)ccn3n2)cc1OC. The maximum absolute atomic E-state index is 5.30. The summed E-state index contributed by atoms with van der Waals surface area (Å²) in [6.45, 7) is 2.03. The average molecular weight is 269 g/mol. The van der Waals surface area contributed by atoms with Crippen molar-refractivity contribution in [1.29, 1.82) is 0 Å². The van der Waals surface area contributed by atoms with E-state index >= 15 is 0 Å². The standard InChI is InChI=1S/C15H15N3O2/c1-10-6-7-18-14(8-10)16-15(17-18)11-4-5-12(19-2)13(9-11)20-3/h4-9H,1-3H3. The van der Waals surface area contributed by atoms with Crippen molar-refractivity contribution < 1.29 is 9.47 Å². The Hall–Kier alpha value is -2.56. The summed E-state index contributed by atoms with van der Waals surface area (Å²) in [7, 11) is 3.23. The monoisotopic (exact) mass is 269 g/mol. The molecule has 0 aliphatic heterocycles. The van der Waals surface area contributed by atoms with Crippen LogP contribution in [0.4, 0.5) is 0 Å². The zero-order chi connectivity index (χ0) is 14.1. The van der Waals surface area contributed by atoms with E-state index in [0.29, 0.717) is 17.3 Å². The van der Waals surface area contributed by atoms with Gasteiger partial charge >= 0.3 is 0 Å². The van der Waals surface area contributed by atoms with Crippen LogP contribution in [0.3, 0.4) is 0 Å². The Morgan fingerprint density at radius 1 is 1.00 bits per heavy atom. The third kappa shape index (κ3) is 2.07. The Kier molecular flexibility index (Phi) is 3.02. The second-order valence-corrected chi connectivity index (χ2v) is 4.51.